The number of hydrogen-bond acceptors (Lipinski definition) is 4. The number of rotatable bonds is 4. The van der Waals surface area contributed by atoms with Crippen molar-refractivity contribution in [3.63, 3.8) is 0 Å². The third-order valence-electron chi connectivity index (χ3n) is 14.5. The second-order valence-corrected chi connectivity index (χ2v) is 25.3. The van der Waals surface area contributed by atoms with Crippen molar-refractivity contribution in [3.05, 3.63) is 162 Å². The zero-order chi connectivity index (χ0) is 46.6. The lowest BCUT2D eigenvalue weighted by Gasteiger charge is -2.24. The number of hydrogen-bond donors (Lipinski definition) is 1. The fourth-order valence-electron chi connectivity index (χ4n) is 10.8. The smallest absolute Gasteiger partial charge is 0.211 e. The van der Waals surface area contributed by atoms with Gasteiger partial charge in [0.05, 0.1) is 16.7 Å². The van der Waals surface area contributed by atoms with E-state index in [9.17, 15) is 0 Å². The van der Waals surface area contributed by atoms with Gasteiger partial charge in [-0.25, -0.2) is 0 Å². The average Bonchev–Trinajstić information content (AvgIpc) is 4.07. The summed E-state index contributed by atoms with van der Waals surface area (Å²) in [5.74, 6) is 0. The molecule has 0 fully saturated rings. The molecule has 5 heterocycles. The molecular weight excluding hydrogens is 880 g/mol. The van der Waals surface area contributed by atoms with Crippen LogP contribution in [0.4, 0.5) is 11.4 Å². The molecule has 1 aliphatic rings. The first-order valence-electron chi connectivity index (χ1n) is 23.9. The second kappa shape index (κ2) is 14.7. The number of nitrogens with one attached hydrogen (secondary N) is 1. The topological polar surface area (TPSA) is 17.0 Å². The quantitative estimate of drug-likeness (QED) is 0.174. The van der Waals surface area contributed by atoms with E-state index in [1.807, 2.05) is 34.0 Å². The van der Waals surface area contributed by atoms with Gasteiger partial charge >= 0.3 is 0 Å². The molecule has 1 aliphatic heterocycles. The highest BCUT2D eigenvalue weighted by Gasteiger charge is 2.34. The monoisotopic (exact) mass is 931 g/mol. The molecule has 0 amide bonds. The van der Waals surface area contributed by atoms with Crippen molar-refractivity contribution in [1.82, 2.24) is 4.57 Å². The number of benzene rings is 8. The summed E-state index contributed by atoms with van der Waals surface area (Å²) in [5.41, 5.74) is 16.5. The molecule has 68 heavy (non-hydrogen) atoms. The summed E-state index contributed by atoms with van der Waals surface area (Å²) in [4.78, 5) is 0. The Bertz CT molecular complexity index is 4060. The Labute approximate surface area is 411 Å². The van der Waals surface area contributed by atoms with E-state index in [0.717, 1.165) is 11.4 Å². The van der Waals surface area contributed by atoms with Crippen LogP contribution in [0, 0.1) is 0 Å². The Morgan fingerprint density at radius 1 is 0.471 bits per heavy atom. The van der Waals surface area contributed by atoms with Crippen molar-refractivity contribution in [2.45, 2.75) is 78.6 Å². The van der Waals surface area contributed by atoms with E-state index in [2.05, 4.69) is 225 Å². The van der Waals surface area contributed by atoms with Gasteiger partial charge in [0.2, 0.25) is 7.28 Å². The lowest BCUT2D eigenvalue weighted by molar-refractivity contribution is 0.590. The molecule has 0 aliphatic carbocycles. The molecule has 0 saturated heterocycles. The van der Waals surface area contributed by atoms with Gasteiger partial charge in [-0.2, -0.15) is 0 Å². The Kier molecular flexibility index (Phi) is 9.05. The van der Waals surface area contributed by atoms with Crippen LogP contribution in [0.5, 0.6) is 0 Å². The number of thiophene rings is 3. The summed E-state index contributed by atoms with van der Waals surface area (Å²) in [5, 5.41) is 13.3. The van der Waals surface area contributed by atoms with Gasteiger partial charge in [0.15, 0.2) is 0 Å². The van der Waals surface area contributed by atoms with Crippen LogP contribution in [0.2, 0.25) is 0 Å². The first-order valence-corrected chi connectivity index (χ1v) is 26.4. The fraction of sp³-hybridized carbons (Fsp3) is 0.194. The van der Waals surface area contributed by atoms with Crippen molar-refractivity contribution in [2.75, 3.05) is 5.32 Å². The largest absolute Gasteiger partial charge is 0.355 e. The maximum Gasteiger partial charge on any atom is 0.211 e. The van der Waals surface area contributed by atoms with Gasteiger partial charge in [0.25, 0.3) is 0 Å². The standard InChI is InChI=1S/C62H52BN2S3/c1-60(2,3)36-20-24-39(25-21-36)64-46-33-51-42(40-26-22-38(62(7,8)9)31-50(40)66-51)32-43(46)52-53-41-17-13-14-18-48(41)67-58(53)54-44-30-37(61(4,5)6)23-27-47(44)65-56-45-29-35(34-15-11-10-12-16-34)19-28-49(45)68-59(56)63-55(52)57(54)65/h10-33,64H,1-9H3. The molecular formula is C62H52BN2S3. The number of fused-ring (bicyclic) bond motifs is 14. The van der Waals surface area contributed by atoms with E-state index < -0.39 is 0 Å². The van der Waals surface area contributed by atoms with Crippen LogP contribution in [0.1, 0.15) is 79.0 Å². The molecule has 2 nitrogen and oxygen atoms in total. The highest BCUT2D eigenvalue weighted by Crippen LogP contribution is 2.52. The summed E-state index contributed by atoms with van der Waals surface area (Å²) in [6.07, 6.45) is 0. The first-order chi connectivity index (χ1) is 32.6. The third kappa shape index (κ3) is 6.40. The summed E-state index contributed by atoms with van der Waals surface area (Å²) in [7, 11) is 2.56. The molecule has 13 rings (SSSR count). The van der Waals surface area contributed by atoms with Crippen LogP contribution >= 0.6 is 34.0 Å². The van der Waals surface area contributed by atoms with Crippen LogP contribution in [-0.4, -0.2) is 11.8 Å². The van der Waals surface area contributed by atoms with E-state index in [1.165, 1.54) is 127 Å². The lowest BCUT2D eigenvalue weighted by Crippen LogP contribution is -2.35. The van der Waals surface area contributed by atoms with E-state index in [0.29, 0.717) is 0 Å². The number of aromatic nitrogens is 1. The first kappa shape index (κ1) is 42.0. The molecule has 0 atom stereocenters. The molecule has 1 radical (unpaired) electrons. The molecule has 0 spiro atoms. The zero-order valence-corrected chi connectivity index (χ0v) is 42.6. The molecule has 4 aromatic heterocycles. The van der Waals surface area contributed by atoms with Crippen LogP contribution in [0.3, 0.4) is 0 Å². The van der Waals surface area contributed by atoms with Gasteiger partial charge in [-0.05, 0) is 121 Å². The van der Waals surface area contributed by atoms with Gasteiger partial charge in [-0.15, -0.1) is 34.0 Å². The second-order valence-electron chi connectivity index (χ2n) is 22.1. The molecule has 6 heteroatoms. The van der Waals surface area contributed by atoms with Crippen molar-refractivity contribution < 1.29 is 0 Å². The van der Waals surface area contributed by atoms with Crippen LogP contribution in [-0.2, 0) is 16.2 Å². The number of anilines is 2. The highest BCUT2D eigenvalue weighted by atomic mass is 32.1. The summed E-state index contributed by atoms with van der Waals surface area (Å²) in [6, 6.07) is 55.6. The Hall–Kier alpha value is -6.18. The van der Waals surface area contributed by atoms with E-state index in [1.54, 1.807) is 0 Å². The maximum atomic E-state index is 4.06. The van der Waals surface area contributed by atoms with Crippen molar-refractivity contribution >= 4 is 135 Å². The number of nitrogens with zero attached hydrogens (tertiary/aromatic N) is 1. The normalized spacial score (nSPS) is 13.2. The van der Waals surface area contributed by atoms with E-state index >= 15 is 0 Å². The Balaban J connectivity index is 1.18. The lowest BCUT2D eigenvalue weighted by atomic mass is 9.62. The van der Waals surface area contributed by atoms with Gasteiger partial charge in [-0.3, -0.25) is 0 Å². The maximum absolute atomic E-state index is 4.06. The molecule has 0 unspecified atom stereocenters. The van der Waals surface area contributed by atoms with Gasteiger partial charge in [0, 0.05) is 78.1 Å². The minimum atomic E-state index is -0.0141. The summed E-state index contributed by atoms with van der Waals surface area (Å²) in [6.45, 7) is 20.8. The predicted molar refractivity (Wildman–Crippen MR) is 304 cm³/mol. The molecule has 0 bridgehead atoms. The molecule has 331 valence electrons. The van der Waals surface area contributed by atoms with Crippen LogP contribution < -0.4 is 15.6 Å². The summed E-state index contributed by atoms with van der Waals surface area (Å²) < 4.78 is 10.5. The van der Waals surface area contributed by atoms with Crippen molar-refractivity contribution in [1.29, 1.82) is 0 Å². The van der Waals surface area contributed by atoms with Gasteiger partial charge < -0.3 is 9.88 Å². The minimum Gasteiger partial charge on any atom is -0.355 e. The minimum absolute atomic E-state index is 0.0141. The van der Waals surface area contributed by atoms with Crippen molar-refractivity contribution in [2.24, 2.45) is 0 Å². The van der Waals surface area contributed by atoms with Gasteiger partial charge in [-0.1, -0.05) is 147 Å². The molecule has 8 aromatic carbocycles. The fourth-order valence-corrected chi connectivity index (χ4v) is 14.3. The summed E-state index contributed by atoms with van der Waals surface area (Å²) >= 11 is 5.78. The van der Waals surface area contributed by atoms with Crippen molar-refractivity contribution in [3.8, 4) is 27.9 Å². The SMILES string of the molecule is CC(C)(C)c1ccc(Nc2cc3sc4cc(C(C)(C)C)ccc4c3cc2-c2c3c4c(c5cc(C(C)(C)C)ccc5n4-c4c(sc5ccc(-c6ccccc6)cc45)[B]3)c3sc4ccccc4c23)cc1. The average molecular weight is 932 g/mol. The molecule has 12 aromatic rings. The van der Waals surface area contributed by atoms with Crippen LogP contribution in [0.25, 0.3) is 100 Å². The van der Waals surface area contributed by atoms with E-state index in [4.69, 9.17) is 0 Å². The van der Waals surface area contributed by atoms with E-state index in [-0.39, 0.29) is 16.2 Å². The molecule has 1 N–H and O–H groups in total. The molecule has 0 saturated carbocycles. The zero-order valence-electron chi connectivity index (χ0n) is 40.1. The van der Waals surface area contributed by atoms with Gasteiger partial charge in [0.1, 0.15) is 0 Å². The Morgan fingerprint density at radius 3 is 1.91 bits per heavy atom. The third-order valence-corrected chi connectivity index (χ3v) is 17.9. The van der Waals surface area contributed by atoms with Crippen LogP contribution in [0.15, 0.2) is 146 Å². The predicted octanol–water partition coefficient (Wildman–Crippen LogP) is 17.7. The highest BCUT2D eigenvalue weighted by molar-refractivity contribution is 7.30. The Morgan fingerprint density at radius 2 is 1.15 bits per heavy atom.